The Balaban J connectivity index is 2.78. The molecule has 0 aliphatic carbocycles. The van der Waals surface area contributed by atoms with Gasteiger partial charge in [-0.2, -0.15) is 5.10 Å². The maximum absolute atomic E-state index is 12.0. The summed E-state index contributed by atoms with van der Waals surface area (Å²) in [5.41, 5.74) is 7.92. The number of aliphatic hydroxyl groups is 1. The van der Waals surface area contributed by atoms with Gasteiger partial charge >= 0.3 is 0 Å². The van der Waals surface area contributed by atoms with Crippen LogP contribution >= 0.6 is 0 Å². The summed E-state index contributed by atoms with van der Waals surface area (Å²) in [6.45, 7) is 7.97. The Labute approximate surface area is 107 Å². The molecular weight excluding hydrogens is 232 g/mol. The van der Waals surface area contributed by atoms with Crippen molar-refractivity contribution in [3.8, 4) is 0 Å². The second kappa shape index (κ2) is 6.20. The van der Waals surface area contributed by atoms with Crippen LogP contribution in [0, 0.1) is 13.8 Å². The number of aryl methyl sites for hydroxylation is 1. The lowest BCUT2D eigenvalue weighted by Gasteiger charge is -2.20. The van der Waals surface area contributed by atoms with Crippen LogP contribution < -0.4 is 5.73 Å². The smallest absolute Gasteiger partial charge is 0.244 e. The van der Waals surface area contributed by atoms with Crippen LogP contribution in [0.5, 0.6) is 0 Å². The number of carbonyl (C=O) groups is 1. The fourth-order valence-corrected chi connectivity index (χ4v) is 1.69. The van der Waals surface area contributed by atoms with Crippen molar-refractivity contribution in [3.05, 3.63) is 24.0 Å². The number of hydrogen-bond acceptors (Lipinski definition) is 4. The highest BCUT2D eigenvalue weighted by molar-refractivity contribution is 5.76. The fraction of sp³-hybridized carbons (Fsp3) is 0.500. The molecule has 1 heterocycles. The van der Waals surface area contributed by atoms with Gasteiger partial charge in [0, 0.05) is 13.1 Å². The van der Waals surface area contributed by atoms with E-state index in [4.69, 9.17) is 10.8 Å². The van der Waals surface area contributed by atoms with Crippen molar-refractivity contribution in [2.45, 2.75) is 20.4 Å². The van der Waals surface area contributed by atoms with Gasteiger partial charge in [-0.1, -0.05) is 6.08 Å². The molecule has 0 aromatic carbocycles. The zero-order valence-electron chi connectivity index (χ0n) is 10.9. The van der Waals surface area contributed by atoms with Gasteiger partial charge in [0.1, 0.15) is 6.54 Å². The molecule has 1 aromatic heterocycles. The average Bonchev–Trinajstić information content (AvgIpc) is 2.57. The first-order chi connectivity index (χ1) is 8.51. The summed E-state index contributed by atoms with van der Waals surface area (Å²) in [6, 6.07) is 0. The van der Waals surface area contributed by atoms with E-state index in [9.17, 15) is 4.79 Å². The van der Waals surface area contributed by atoms with Crippen molar-refractivity contribution in [1.29, 1.82) is 0 Å². The number of aromatic nitrogens is 2. The molecule has 0 saturated heterocycles. The Bertz CT molecular complexity index is 440. The molecule has 0 saturated carbocycles. The molecular formula is C12H20N4O2. The Morgan fingerprint density at radius 2 is 2.28 bits per heavy atom. The molecule has 0 atom stereocenters. The predicted octanol–water partition coefficient (Wildman–Crippen LogP) is 0.0890. The van der Waals surface area contributed by atoms with Gasteiger partial charge in [-0.15, -0.1) is 6.58 Å². The van der Waals surface area contributed by atoms with Crippen LogP contribution in [-0.2, 0) is 11.3 Å². The van der Waals surface area contributed by atoms with Crippen LogP contribution in [0.4, 0.5) is 5.69 Å². The van der Waals surface area contributed by atoms with Crippen LogP contribution in [0.3, 0.4) is 0 Å². The first-order valence-electron chi connectivity index (χ1n) is 5.80. The summed E-state index contributed by atoms with van der Waals surface area (Å²) < 4.78 is 1.58. The molecule has 0 aliphatic rings. The minimum atomic E-state index is -0.116. The normalized spacial score (nSPS) is 10.4. The van der Waals surface area contributed by atoms with Crippen molar-refractivity contribution >= 4 is 11.6 Å². The van der Waals surface area contributed by atoms with Gasteiger partial charge in [-0.3, -0.25) is 9.48 Å². The van der Waals surface area contributed by atoms with Gasteiger partial charge in [0.2, 0.25) is 5.91 Å². The molecule has 6 heteroatoms. The molecule has 6 nitrogen and oxygen atoms in total. The molecule has 1 aromatic rings. The van der Waals surface area contributed by atoms with Gasteiger partial charge < -0.3 is 15.7 Å². The summed E-state index contributed by atoms with van der Waals surface area (Å²) in [7, 11) is 0. The number of aliphatic hydroxyl groups excluding tert-OH is 1. The van der Waals surface area contributed by atoms with Gasteiger partial charge in [-0.05, 0) is 13.8 Å². The number of anilines is 1. The zero-order chi connectivity index (χ0) is 13.7. The van der Waals surface area contributed by atoms with Gasteiger partial charge in [0.05, 0.1) is 23.7 Å². The predicted molar refractivity (Wildman–Crippen MR) is 70.0 cm³/mol. The third kappa shape index (κ3) is 3.10. The maximum Gasteiger partial charge on any atom is 0.244 e. The molecule has 0 unspecified atom stereocenters. The molecule has 0 aliphatic heterocycles. The molecule has 100 valence electrons. The van der Waals surface area contributed by atoms with Crippen LogP contribution in [0.2, 0.25) is 0 Å². The molecule has 18 heavy (non-hydrogen) atoms. The third-order valence-electron chi connectivity index (χ3n) is 2.79. The fourth-order valence-electron chi connectivity index (χ4n) is 1.69. The van der Waals surface area contributed by atoms with Crippen molar-refractivity contribution in [2.24, 2.45) is 0 Å². The highest BCUT2D eigenvalue weighted by atomic mass is 16.3. The van der Waals surface area contributed by atoms with Crippen molar-refractivity contribution in [1.82, 2.24) is 14.7 Å². The molecule has 1 amide bonds. The van der Waals surface area contributed by atoms with E-state index in [1.807, 2.05) is 6.92 Å². The van der Waals surface area contributed by atoms with Gasteiger partial charge in [-0.25, -0.2) is 0 Å². The quantitative estimate of drug-likeness (QED) is 0.703. The SMILES string of the molecule is C=CCN(CCO)C(=O)Cn1nc(C)c(N)c1C. The summed E-state index contributed by atoms with van der Waals surface area (Å²) in [4.78, 5) is 13.6. The monoisotopic (exact) mass is 252 g/mol. The summed E-state index contributed by atoms with van der Waals surface area (Å²) in [6.07, 6.45) is 1.63. The van der Waals surface area contributed by atoms with E-state index in [0.29, 0.717) is 18.8 Å². The largest absolute Gasteiger partial charge is 0.396 e. The second-order valence-corrected chi connectivity index (χ2v) is 4.09. The van der Waals surface area contributed by atoms with E-state index in [-0.39, 0.29) is 19.1 Å². The number of nitrogen functional groups attached to an aromatic ring is 1. The number of hydrogen-bond donors (Lipinski definition) is 2. The summed E-state index contributed by atoms with van der Waals surface area (Å²) in [5.74, 6) is -0.116. The average molecular weight is 252 g/mol. The maximum atomic E-state index is 12.0. The number of nitrogens with zero attached hydrogens (tertiary/aromatic N) is 3. The van der Waals surface area contributed by atoms with E-state index in [0.717, 1.165) is 11.4 Å². The van der Waals surface area contributed by atoms with E-state index in [2.05, 4.69) is 11.7 Å². The summed E-state index contributed by atoms with van der Waals surface area (Å²) >= 11 is 0. The molecule has 0 bridgehead atoms. The Morgan fingerprint density at radius 1 is 1.61 bits per heavy atom. The first kappa shape index (κ1) is 14.2. The highest BCUT2D eigenvalue weighted by Gasteiger charge is 2.15. The lowest BCUT2D eigenvalue weighted by molar-refractivity contribution is -0.132. The zero-order valence-corrected chi connectivity index (χ0v) is 10.9. The van der Waals surface area contributed by atoms with Crippen LogP contribution in [0.15, 0.2) is 12.7 Å². The number of nitrogens with two attached hydrogens (primary N) is 1. The minimum Gasteiger partial charge on any atom is -0.396 e. The van der Waals surface area contributed by atoms with E-state index in [1.54, 1.807) is 17.7 Å². The molecule has 0 radical (unpaired) electrons. The topological polar surface area (TPSA) is 84.4 Å². The number of rotatable bonds is 6. The summed E-state index contributed by atoms with van der Waals surface area (Å²) in [5, 5.41) is 13.1. The van der Waals surface area contributed by atoms with Crippen LogP contribution in [-0.4, -0.2) is 45.4 Å². The lowest BCUT2D eigenvalue weighted by atomic mass is 10.3. The standard InChI is InChI=1S/C12H20N4O2/c1-4-5-15(6-7-17)11(18)8-16-10(3)12(13)9(2)14-16/h4,17H,1,5-8,13H2,2-3H3. The molecule has 0 spiro atoms. The Kier molecular flexibility index (Phi) is 4.91. The van der Waals surface area contributed by atoms with Crippen LogP contribution in [0.25, 0.3) is 0 Å². The van der Waals surface area contributed by atoms with Crippen molar-refractivity contribution < 1.29 is 9.90 Å². The minimum absolute atomic E-state index is 0.0706. The molecule has 1 rings (SSSR count). The van der Waals surface area contributed by atoms with Crippen molar-refractivity contribution in [2.75, 3.05) is 25.4 Å². The lowest BCUT2D eigenvalue weighted by Crippen LogP contribution is -2.36. The number of amides is 1. The molecule has 0 fully saturated rings. The third-order valence-corrected chi connectivity index (χ3v) is 2.79. The Hall–Kier alpha value is -1.82. The van der Waals surface area contributed by atoms with Crippen molar-refractivity contribution in [3.63, 3.8) is 0 Å². The second-order valence-electron chi connectivity index (χ2n) is 4.09. The number of carbonyl (C=O) groups excluding carboxylic acids is 1. The van der Waals surface area contributed by atoms with E-state index in [1.165, 1.54) is 4.90 Å². The van der Waals surface area contributed by atoms with Gasteiger partial charge in [0.15, 0.2) is 0 Å². The Morgan fingerprint density at radius 3 is 2.72 bits per heavy atom. The van der Waals surface area contributed by atoms with Gasteiger partial charge in [0.25, 0.3) is 0 Å². The van der Waals surface area contributed by atoms with E-state index < -0.39 is 0 Å². The van der Waals surface area contributed by atoms with Crippen LogP contribution in [0.1, 0.15) is 11.4 Å². The highest BCUT2D eigenvalue weighted by Crippen LogP contribution is 2.14. The first-order valence-corrected chi connectivity index (χ1v) is 5.80. The van der Waals surface area contributed by atoms with E-state index >= 15 is 0 Å². The molecule has 3 N–H and O–H groups in total.